The zero-order valence-corrected chi connectivity index (χ0v) is 14.4. The van der Waals surface area contributed by atoms with Crippen LogP contribution in [0.3, 0.4) is 0 Å². The molecule has 1 unspecified atom stereocenters. The average Bonchev–Trinajstić information content (AvgIpc) is 3.23. The lowest BCUT2D eigenvalue weighted by atomic mass is 9.88. The quantitative estimate of drug-likeness (QED) is 0.843. The monoisotopic (exact) mass is 330 g/mol. The van der Waals surface area contributed by atoms with Crippen LogP contribution in [0.5, 0.6) is 5.75 Å². The molecular weight excluding hydrogens is 304 g/mol. The Bertz CT molecular complexity index is 589. The van der Waals surface area contributed by atoms with E-state index in [1.807, 2.05) is 29.2 Å². The number of benzene rings is 1. The van der Waals surface area contributed by atoms with Crippen LogP contribution in [0.2, 0.25) is 0 Å². The number of hydrogen-bond acceptors (Lipinski definition) is 4. The molecule has 3 saturated heterocycles. The second-order valence-electron chi connectivity index (χ2n) is 7.37. The van der Waals surface area contributed by atoms with Crippen LogP contribution in [0.1, 0.15) is 24.8 Å². The van der Waals surface area contributed by atoms with E-state index in [0.717, 1.165) is 37.4 Å². The summed E-state index contributed by atoms with van der Waals surface area (Å²) in [5.74, 6) is 1.01. The zero-order valence-electron chi connectivity index (χ0n) is 14.4. The van der Waals surface area contributed by atoms with E-state index in [1.54, 1.807) is 7.11 Å². The van der Waals surface area contributed by atoms with Gasteiger partial charge < -0.3 is 14.4 Å². The molecule has 1 atom stereocenters. The van der Waals surface area contributed by atoms with Gasteiger partial charge in [0, 0.05) is 6.04 Å². The molecule has 1 aromatic carbocycles. The summed E-state index contributed by atoms with van der Waals surface area (Å²) < 4.78 is 11.3. The molecule has 0 N–H and O–H groups in total. The summed E-state index contributed by atoms with van der Waals surface area (Å²) in [6.07, 6.45) is 4.17. The molecule has 24 heavy (non-hydrogen) atoms. The van der Waals surface area contributed by atoms with Crippen molar-refractivity contribution < 1.29 is 14.3 Å². The average molecular weight is 330 g/mol. The Morgan fingerprint density at radius 1 is 1.25 bits per heavy atom. The minimum Gasteiger partial charge on any atom is -0.497 e. The second-order valence-corrected chi connectivity index (χ2v) is 7.37. The van der Waals surface area contributed by atoms with Crippen molar-refractivity contribution in [2.45, 2.75) is 37.3 Å². The minimum absolute atomic E-state index is 0.0666. The molecular formula is C19H26N2O3. The Morgan fingerprint density at radius 3 is 2.62 bits per heavy atom. The molecule has 130 valence electrons. The normalized spacial score (nSPS) is 25.9. The van der Waals surface area contributed by atoms with Crippen LogP contribution < -0.4 is 4.74 Å². The standard InChI is InChI=1S/C19H26N2O3/c1-23-17-6-4-15(5-7-17)10-18(22)21-13-19(14-21)11-16(12-24-19)20-8-2-3-9-20/h4-7,16H,2-3,8-14H2,1H3. The summed E-state index contributed by atoms with van der Waals surface area (Å²) >= 11 is 0. The lowest BCUT2D eigenvalue weighted by Crippen LogP contribution is -2.63. The molecule has 1 amide bonds. The fraction of sp³-hybridized carbons (Fsp3) is 0.632. The molecule has 0 bridgehead atoms. The number of rotatable bonds is 4. The Hall–Kier alpha value is -1.59. The number of likely N-dealkylation sites (tertiary alicyclic amines) is 2. The fourth-order valence-electron chi connectivity index (χ4n) is 4.24. The van der Waals surface area contributed by atoms with E-state index < -0.39 is 0 Å². The Kier molecular flexibility index (Phi) is 4.22. The van der Waals surface area contributed by atoms with E-state index in [4.69, 9.17) is 9.47 Å². The second kappa shape index (κ2) is 6.37. The van der Waals surface area contributed by atoms with Crippen LogP contribution in [-0.2, 0) is 16.0 Å². The first-order valence-electron chi connectivity index (χ1n) is 8.96. The van der Waals surface area contributed by atoms with Gasteiger partial charge in [-0.25, -0.2) is 0 Å². The summed E-state index contributed by atoms with van der Waals surface area (Å²) in [6, 6.07) is 8.29. The van der Waals surface area contributed by atoms with Gasteiger partial charge in [0.25, 0.3) is 0 Å². The lowest BCUT2D eigenvalue weighted by Gasteiger charge is -2.47. The molecule has 5 heteroatoms. The van der Waals surface area contributed by atoms with Crippen molar-refractivity contribution in [2.24, 2.45) is 0 Å². The van der Waals surface area contributed by atoms with Gasteiger partial charge in [-0.1, -0.05) is 12.1 Å². The summed E-state index contributed by atoms with van der Waals surface area (Å²) in [6.45, 7) is 4.77. The van der Waals surface area contributed by atoms with Gasteiger partial charge in [-0.2, -0.15) is 0 Å². The van der Waals surface area contributed by atoms with Crippen molar-refractivity contribution in [2.75, 3.05) is 39.9 Å². The Labute approximate surface area is 143 Å². The maximum absolute atomic E-state index is 12.5. The van der Waals surface area contributed by atoms with Gasteiger partial charge in [0.2, 0.25) is 5.91 Å². The van der Waals surface area contributed by atoms with Crippen molar-refractivity contribution in [3.8, 4) is 5.75 Å². The maximum Gasteiger partial charge on any atom is 0.227 e. The Balaban J connectivity index is 1.28. The summed E-state index contributed by atoms with van der Waals surface area (Å²) in [7, 11) is 1.65. The Morgan fingerprint density at radius 2 is 1.96 bits per heavy atom. The van der Waals surface area contributed by atoms with Gasteiger partial charge in [-0.15, -0.1) is 0 Å². The van der Waals surface area contributed by atoms with Crippen LogP contribution in [-0.4, -0.2) is 67.2 Å². The number of amides is 1. The molecule has 0 saturated carbocycles. The number of carbonyl (C=O) groups excluding carboxylic acids is 1. The van der Waals surface area contributed by atoms with E-state index in [0.29, 0.717) is 12.5 Å². The van der Waals surface area contributed by atoms with Crippen molar-refractivity contribution in [3.05, 3.63) is 29.8 Å². The number of hydrogen-bond donors (Lipinski definition) is 0. The highest BCUT2D eigenvalue weighted by Crippen LogP contribution is 2.38. The third-order valence-corrected chi connectivity index (χ3v) is 5.67. The molecule has 4 rings (SSSR count). The zero-order chi connectivity index (χ0) is 16.6. The van der Waals surface area contributed by atoms with Gasteiger partial charge in [0.1, 0.15) is 11.4 Å². The maximum atomic E-state index is 12.5. The largest absolute Gasteiger partial charge is 0.497 e. The third kappa shape index (κ3) is 3.03. The number of nitrogens with zero attached hydrogens (tertiary/aromatic N) is 2. The van der Waals surface area contributed by atoms with E-state index in [-0.39, 0.29) is 11.5 Å². The fourth-order valence-corrected chi connectivity index (χ4v) is 4.24. The highest BCUT2D eigenvalue weighted by atomic mass is 16.5. The molecule has 3 aliphatic heterocycles. The van der Waals surface area contributed by atoms with E-state index in [2.05, 4.69) is 4.90 Å². The van der Waals surface area contributed by atoms with Gasteiger partial charge in [-0.3, -0.25) is 9.69 Å². The molecule has 3 fully saturated rings. The summed E-state index contributed by atoms with van der Waals surface area (Å²) in [4.78, 5) is 17.0. The first-order valence-corrected chi connectivity index (χ1v) is 8.96. The van der Waals surface area contributed by atoms with Gasteiger partial charge in [0.15, 0.2) is 0 Å². The van der Waals surface area contributed by atoms with Crippen molar-refractivity contribution in [1.82, 2.24) is 9.80 Å². The molecule has 1 aromatic rings. The SMILES string of the molecule is COc1ccc(CC(=O)N2CC3(CC(N4CCCC4)CO3)C2)cc1. The highest BCUT2D eigenvalue weighted by molar-refractivity contribution is 5.80. The van der Waals surface area contributed by atoms with E-state index in [9.17, 15) is 4.79 Å². The van der Waals surface area contributed by atoms with Crippen LogP contribution in [0, 0.1) is 0 Å². The topological polar surface area (TPSA) is 42.0 Å². The number of ether oxygens (including phenoxy) is 2. The molecule has 1 spiro atoms. The summed E-state index contributed by atoms with van der Waals surface area (Å²) in [5.41, 5.74) is 0.965. The number of methoxy groups -OCH3 is 1. The predicted molar refractivity (Wildman–Crippen MR) is 91.2 cm³/mol. The molecule has 0 radical (unpaired) electrons. The van der Waals surface area contributed by atoms with Crippen molar-refractivity contribution in [3.63, 3.8) is 0 Å². The minimum atomic E-state index is -0.0666. The molecule has 5 nitrogen and oxygen atoms in total. The first-order chi connectivity index (χ1) is 11.7. The van der Waals surface area contributed by atoms with Gasteiger partial charge in [0.05, 0.1) is 33.2 Å². The van der Waals surface area contributed by atoms with Gasteiger partial charge >= 0.3 is 0 Å². The van der Waals surface area contributed by atoms with Crippen LogP contribution >= 0.6 is 0 Å². The van der Waals surface area contributed by atoms with Crippen LogP contribution in [0.15, 0.2) is 24.3 Å². The van der Waals surface area contributed by atoms with Crippen molar-refractivity contribution in [1.29, 1.82) is 0 Å². The van der Waals surface area contributed by atoms with E-state index >= 15 is 0 Å². The van der Waals surface area contributed by atoms with Crippen LogP contribution in [0.4, 0.5) is 0 Å². The molecule has 0 aromatic heterocycles. The van der Waals surface area contributed by atoms with Crippen molar-refractivity contribution >= 4 is 5.91 Å². The molecule has 3 aliphatic rings. The van der Waals surface area contributed by atoms with Gasteiger partial charge in [-0.05, 0) is 50.0 Å². The first kappa shape index (κ1) is 15.9. The smallest absolute Gasteiger partial charge is 0.227 e. The molecule has 3 heterocycles. The predicted octanol–water partition coefficient (Wildman–Crippen LogP) is 1.70. The lowest BCUT2D eigenvalue weighted by molar-refractivity contribution is -0.157. The van der Waals surface area contributed by atoms with Crippen LogP contribution in [0.25, 0.3) is 0 Å². The number of carbonyl (C=O) groups is 1. The highest BCUT2D eigenvalue weighted by Gasteiger charge is 2.52. The summed E-state index contributed by atoms with van der Waals surface area (Å²) in [5, 5.41) is 0. The third-order valence-electron chi connectivity index (χ3n) is 5.67. The van der Waals surface area contributed by atoms with E-state index in [1.165, 1.54) is 25.9 Å². The molecule has 0 aliphatic carbocycles.